The van der Waals surface area contributed by atoms with Gasteiger partial charge in [-0.05, 0) is 48.7 Å². The molecule has 0 amide bonds. The van der Waals surface area contributed by atoms with E-state index >= 15 is 0 Å². The SMILES string of the molecule is Cc1ccc(S(=O)(=O)N2CC(c3cccc(Br)c3)=CCC(O)C2)cc1. The lowest BCUT2D eigenvalue weighted by Crippen LogP contribution is -2.37. The van der Waals surface area contributed by atoms with Gasteiger partial charge in [0.1, 0.15) is 0 Å². The van der Waals surface area contributed by atoms with Crippen LogP contribution in [0.2, 0.25) is 0 Å². The van der Waals surface area contributed by atoms with Crippen molar-refractivity contribution in [3.05, 3.63) is 70.2 Å². The summed E-state index contributed by atoms with van der Waals surface area (Å²) in [5.41, 5.74) is 2.85. The van der Waals surface area contributed by atoms with Gasteiger partial charge in [-0.3, -0.25) is 0 Å². The van der Waals surface area contributed by atoms with Crippen LogP contribution in [0.5, 0.6) is 0 Å². The topological polar surface area (TPSA) is 57.6 Å². The van der Waals surface area contributed by atoms with Crippen molar-refractivity contribution in [2.45, 2.75) is 24.3 Å². The van der Waals surface area contributed by atoms with Crippen molar-refractivity contribution in [3.63, 3.8) is 0 Å². The fraction of sp³-hybridized carbons (Fsp3) is 0.263. The maximum atomic E-state index is 13.0. The maximum Gasteiger partial charge on any atom is 0.243 e. The number of aliphatic hydroxyl groups excluding tert-OH is 1. The van der Waals surface area contributed by atoms with Gasteiger partial charge in [-0.1, -0.05) is 51.8 Å². The van der Waals surface area contributed by atoms with Crippen LogP contribution in [0, 0.1) is 6.92 Å². The van der Waals surface area contributed by atoms with Crippen LogP contribution >= 0.6 is 15.9 Å². The second-order valence-electron chi connectivity index (χ2n) is 6.24. The van der Waals surface area contributed by atoms with E-state index in [1.54, 1.807) is 24.3 Å². The second kappa shape index (κ2) is 7.41. The fourth-order valence-electron chi connectivity index (χ4n) is 2.85. The molecule has 1 aliphatic rings. The second-order valence-corrected chi connectivity index (χ2v) is 9.09. The summed E-state index contributed by atoms with van der Waals surface area (Å²) in [6, 6.07) is 14.6. The Morgan fingerprint density at radius 3 is 2.56 bits per heavy atom. The van der Waals surface area contributed by atoms with Crippen molar-refractivity contribution in [1.82, 2.24) is 4.31 Å². The van der Waals surface area contributed by atoms with Crippen molar-refractivity contribution in [2.75, 3.05) is 13.1 Å². The molecule has 0 fully saturated rings. The molecule has 0 spiro atoms. The predicted octanol–water partition coefficient (Wildman–Crippen LogP) is 3.60. The van der Waals surface area contributed by atoms with Gasteiger partial charge < -0.3 is 5.11 Å². The Kier molecular flexibility index (Phi) is 5.43. The number of nitrogens with zero attached hydrogens (tertiary/aromatic N) is 1. The Labute approximate surface area is 157 Å². The van der Waals surface area contributed by atoms with Crippen LogP contribution in [0.15, 0.2) is 64.0 Å². The van der Waals surface area contributed by atoms with E-state index in [-0.39, 0.29) is 18.0 Å². The zero-order chi connectivity index (χ0) is 18.0. The van der Waals surface area contributed by atoms with E-state index < -0.39 is 16.1 Å². The normalized spacial score (nSPS) is 19.3. The summed E-state index contributed by atoms with van der Waals surface area (Å²) in [6.45, 7) is 2.24. The molecule has 0 saturated carbocycles. The Bertz CT molecular complexity index is 891. The lowest BCUT2D eigenvalue weighted by molar-refractivity contribution is 0.155. The molecule has 132 valence electrons. The van der Waals surface area contributed by atoms with Crippen molar-refractivity contribution < 1.29 is 13.5 Å². The summed E-state index contributed by atoms with van der Waals surface area (Å²) in [5, 5.41) is 10.2. The lowest BCUT2D eigenvalue weighted by atomic mass is 10.1. The quantitative estimate of drug-likeness (QED) is 0.823. The smallest absolute Gasteiger partial charge is 0.243 e. The Hall–Kier alpha value is -1.47. The van der Waals surface area contributed by atoms with Crippen LogP contribution in [0.25, 0.3) is 5.57 Å². The fourth-order valence-corrected chi connectivity index (χ4v) is 4.70. The molecular formula is C19H20BrNO3S. The van der Waals surface area contributed by atoms with Gasteiger partial charge in [0.05, 0.1) is 11.0 Å². The molecule has 1 aliphatic heterocycles. The molecule has 1 N–H and O–H groups in total. The van der Waals surface area contributed by atoms with Crippen LogP contribution < -0.4 is 0 Å². The first-order valence-electron chi connectivity index (χ1n) is 8.06. The van der Waals surface area contributed by atoms with E-state index in [1.807, 2.05) is 37.3 Å². The largest absolute Gasteiger partial charge is 0.391 e. The zero-order valence-electron chi connectivity index (χ0n) is 13.9. The minimum atomic E-state index is -3.67. The van der Waals surface area contributed by atoms with Crippen molar-refractivity contribution >= 4 is 31.5 Å². The summed E-state index contributed by atoms with van der Waals surface area (Å²) in [6.07, 6.45) is 1.64. The van der Waals surface area contributed by atoms with Crippen LogP contribution in [-0.2, 0) is 10.0 Å². The molecule has 0 aromatic heterocycles. The monoisotopic (exact) mass is 421 g/mol. The molecule has 0 bridgehead atoms. The van der Waals surface area contributed by atoms with E-state index in [0.29, 0.717) is 6.42 Å². The molecule has 0 saturated heterocycles. The third-order valence-corrected chi connectivity index (χ3v) is 6.57. The molecule has 2 aromatic rings. The molecular weight excluding hydrogens is 402 g/mol. The van der Waals surface area contributed by atoms with Gasteiger partial charge in [-0.2, -0.15) is 4.31 Å². The van der Waals surface area contributed by atoms with Crippen LogP contribution in [0.3, 0.4) is 0 Å². The molecule has 3 rings (SSSR count). The van der Waals surface area contributed by atoms with Gasteiger partial charge >= 0.3 is 0 Å². The van der Waals surface area contributed by atoms with Gasteiger partial charge in [0.25, 0.3) is 0 Å². The van der Waals surface area contributed by atoms with Crippen LogP contribution in [0.1, 0.15) is 17.5 Å². The molecule has 0 aliphatic carbocycles. The molecule has 25 heavy (non-hydrogen) atoms. The highest BCUT2D eigenvalue weighted by Gasteiger charge is 2.29. The summed E-state index contributed by atoms with van der Waals surface area (Å²) in [7, 11) is -3.67. The number of hydrogen-bond acceptors (Lipinski definition) is 3. The highest BCUT2D eigenvalue weighted by atomic mass is 79.9. The predicted molar refractivity (Wildman–Crippen MR) is 103 cm³/mol. The van der Waals surface area contributed by atoms with E-state index in [0.717, 1.165) is 21.2 Å². The zero-order valence-corrected chi connectivity index (χ0v) is 16.3. The molecule has 1 heterocycles. The van der Waals surface area contributed by atoms with Crippen LogP contribution in [-0.4, -0.2) is 37.0 Å². The van der Waals surface area contributed by atoms with Crippen molar-refractivity contribution in [3.8, 4) is 0 Å². The molecule has 0 radical (unpaired) electrons. The number of halogens is 1. The first kappa shape index (κ1) is 18.3. The number of sulfonamides is 1. The van der Waals surface area contributed by atoms with E-state index in [2.05, 4.69) is 15.9 Å². The Morgan fingerprint density at radius 1 is 1.16 bits per heavy atom. The van der Waals surface area contributed by atoms with Crippen molar-refractivity contribution in [1.29, 1.82) is 0 Å². The molecule has 1 atom stereocenters. The third kappa shape index (κ3) is 4.20. The average molecular weight is 422 g/mol. The number of rotatable bonds is 3. The molecule has 1 unspecified atom stereocenters. The lowest BCUT2D eigenvalue weighted by Gasteiger charge is -2.23. The summed E-state index contributed by atoms with van der Waals surface area (Å²) >= 11 is 3.45. The van der Waals surface area contributed by atoms with Crippen molar-refractivity contribution in [2.24, 2.45) is 0 Å². The standard InChI is InChI=1S/C19H20BrNO3S/c1-14-5-9-19(10-6-14)25(23,24)21-12-16(7-8-18(22)13-21)15-3-2-4-17(20)11-15/h2-7,9-11,18,22H,8,12-13H2,1H3. The van der Waals surface area contributed by atoms with Gasteiger partial charge in [-0.25, -0.2) is 8.42 Å². The minimum absolute atomic E-state index is 0.0875. The van der Waals surface area contributed by atoms with Gasteiger partial charge in [0.15, 0.2) is 0 Å². The number of benzene rings is 2. The average Bonchev–Trinajstić information content (AvgIpc) is 2.78. The van der Waals surface area contributed by atoms with Gasteiger partial charge in [-0.15, -0.1) is 0 Å². The Balaban J connectivity index is 1.95. The number of aliphatic hydroxyl groups is 1. The summed E-state index contributed by atoms with van der Waals surface area (Å²) in [4.78, 5) is 0.251. The first-order chi connectivity index (χ1) is 11.9. The third-order valence-electron chi connectivity index (χ3n) is 4.25. The van der Waals surface area contributed by atoms with Crippen LogP contribution in [0.4, 0.5) is 0 Å². The number of β-amino-alcohol motifs (C(OH)–C–C–N with tert-alkyl or cyclic N) is 1. The summed E-state index contributed by atoms with van der Waals surface area (Å²) < 4.78 is 28.3. The number of aryl methyl sites for hydroxylation is 1. The molecule has 6 heteroatoms. The van der Waals surface area contributed by atoms with E-state index in [4.69, 9.17) is 0 Å². The van der Waals surface area contributed by atoms with E-state index in [1.165, 1.54) is 4.31 Å². The minimum Gasteiger partial charge on any atom is -0.391 e. The van der Waals surface area contributed by atoms with Gasteiger partial charge in [0, 0.05) is 17.6 Å². The highest BCUT2D eigenvalue weighted by molar-refractivity contribution is 9.10. The molecule has 2 aromatic carbocycles. The van der Waals surface area contributed by atoms with E-state index in [9.17, 15) is 13.5 Å². The first-order valence-corrected chi connectivity index (χ1v) is 10.3. The summed E-state index contributed by atoms with van der Waals surface area (Å²) in [5.74, 6) is 0. The maximum absolute atomic E-state index is 13.0. The molecule has 4 nitrogen and oxygen atoms in total. The van der Waals surface area contributed by atoms with Gasteiger partial charge in [0.2, 0.25) is 10.0 Å². The number of hydrogen-bond donors (Lipinski definition) is 1. The Morgan fingerprint density at radius 2 is 1.88 bits per heavy atom. The highest BCUT2D eigenvalue weighted by Crippen LogP contribution is 2.27.